The van der Waals surface area contributed by atoms with E-state index in [1.54, 1.807) is 31.6 Å². The van der Waals surface area contributed by atoms with Gasteiger partial charge in [-0.3, -0.25) is 9.97 Å². The molecule has 0 radical (unpaired) electrons. The van der Waals surface area contributed by atoms with E-state index >= 15 is 0 Å². The Morgan fingerprint density at radius 2 is 2.21 bits per heavy atom. The van der Waals surface area contributed by atoms with Gasteiger partial charge >= 0.3 is 5.97 Å². The fourth-order valence-electron chi connectivity index (χ4n) is 2.83. The second-order valence-electron chi connectivity index (χ2n) is 5.82. The first-order valence-electron chi connectivity index (χ1n) is 7.68. The van der Waals surface area contributed by atoms with Gasteiger partial charge in [0, 0.05) is 43.3 Å². The van der Waals surface area contributed by atoms with E-state index in [9.17, 15) is 9.90 Å². The lowest BCUT2D eigenvalue weighted by molar-refractivity contribution is 0.0593. The molecule has 0 bridgehead atoms. The molecule has 0 amide bonds. The third-order valence-electron chi connectivity index (χ3n) is 4.01. The quantitative estimate of drug-likeness (QED) is 0.805. The first-order valence-corrected chi connectivity index (χ1v) is 7.68. The zero-order valence-electron chi connectivity index (χ0n) is 13.6. The summed E-state index contributed by atoms with van der Waals surface area (Å²) in [6, 6.07) is 1.58. The number of aromatic nitrogens is 4. The SMILES string of the molecule is COC(=O)c1cc(C)nc(N2C[C@@H](Cc3cnccn3)[C@H](O)C2)n1. The lowest BCUT2D eigenvalue weighted by Gasteiger charge is -2.17. The maximum absolute atomic E-state index is 11.7. The minimum Gasteiger partial charge on any atom is -0.464 e. The van der Waals surface area contributed by atoms with Crippen LogP contribution in [0.5, 0.6) is 0 Å². The zero-order valence-corrected chi connectivity index (χ0v) is 13.6. The summed E-state index contributed by atoms with van der Waals surface area (Å²) in [7, 11) is 1.32. The van der Waals surface area contributed by atoms with E-state index in [2.05, 4.69) is 19.9 Å². The molecule has 8 nitrogen and oxygen atoms in total. The standard InChI is InChI=1S/C16H19N5O3/c1-10-5-13(15(23)24-2)20-16(19-10)21-8-11(14(22)9-21)6-12-7-17-3-4-18-12/h3-5,7,11,14,22H,6,8-9H2,1-2H3/t11-,14-/m1/s1. The fourth-order valence-corrected chi connectivity index (χ4v) is 2.83. The Hall–Kier alpha value is -2.61. The van der Waals surface area contributed by atoms with Crippen LogP contribution in [0, 0.1) is 12.8 Å². The Bertz CT molecular complexity index is 725. The van der Waals surface area contributed by atoms with Crippen molar-refractivity contribution in [3.05, 3.63) is 41.7 Å². The van der Waals surface area contributed by atoms with Crippen LogP contribution in [0.15, 0.2) is 24.7 Å². The second-order valence-corrected chi connectivity index (χ2v) is 5.82. The van der Waals surface area contributed by atoms with E-state index in [1.165, 1.54) is 7.11 Å². The summed E-state index contributed by atoms with van der Waals surface area (Å²) >= 11 is 0. The van der Waals surface area contributed by atoms with Crippen LogP contribution < -0.4 is 4.90 Å². The Balaban J connectivity index is 1.77. The first kappa shape index (κ1) is 16.3. The smallest absolute Gasteiger partial charge is 0.356 e. The van der Waals surface area contributed by atoms with Gasteiger partial charge in [0.25, 0.3) is 0 Å². The first-order chi connectivity index (χ1) is 11.6. The molecule has 1 N–H and O–H groups in total. The van der Waals surface area contributed by atoms with Gasteiger partial charge in [0.1, 0.15) is 0 Å². The number of methoxy groups -OCH3 is 1. The molecular formula is C16H19N5O3. The van der Waals surface area contributed by atoms with Crippen LogP contribution in [-0.2, 0) is 11.2 Å². The molecule has 2 aromatic rings. The number of β-amino-alcohol motifs (C(OH)–C–C–N with tert-alkyl or cyclic N) is 1. The van der Waals surface area contributed by atoms with Crippen molar-refractivity contribution >= 4 is 11.9 Å². The Labute approximate surface area is 139 Å². The number of ether oxygens (including phenoxy) is 1. The number of nitrogens with zero attached hydrogens (tertiary/aromatic N) is 5. The predicted octanol–water partition coefficient (Wildman–Crippen LogP) is 0.401. The van der Waals surface area contributed by atoms with Crippen molar-refractivity contribution in [2.45, 2.75) is 19.4 Å². The monoisotopic (exact) mass is 329 g/mol. The molecule has 0 spiro atoms. The van der Waals surface area contributed by atoms with Gasteiger partial charge < -0.3 is 14.7 Å². The molecule has 3 rings (SSSR count). The van der Waals surface area contributed by atoms with Crippen molar-refractivity contribution in [1.29, 1.82) is 0 Å². The summed E-state index contributed by atoms with van der Waals surface area (Å²) in [6.07, 6.45) is 5.07. The molecule has 1 aliphatic heterocycles. The van der Waals surface area contributed by atoms with Crippen molar-refractivity contribution in [2.75, 3.05) is 25.1 Å². The van der Waals surface area contributed by atoms with Gasteiger partial charge in [0.15, 0.2) is 5.69 Å². The van der Waals surface area contributed by atoms with E-state index in [-0.39, 0.29) is 11.6 Å². The normalized spacial score (nSPS) is 20.2. The molecule has 1 fully saturated rings. The van der Waals surface area contributed by atoms with Gasteiger partial charge in [-0.15, -0.1) is 0 Å². The number of hydrogen-bond acceptors (Lipinski definition) is 8. The van der Waals surface area contributed by atoms with Crippen molar-refractivity contribution < 1.29 is 14.6 Å². The van der Waals surface area contributed by atoms with E-state index < -0.39 is 12.1 Å². The molecular weight excluding hydrogens is 310 g/mol. The second kappa shape index (κ2) is 6.88. The van der Waals surface area contributed by atoms with Crippen LogP contribution in [-0.4, -0.2) is 57.3 Å². The average molecular weight is 329 g/mol. The maximum Gasteiger partial charge on any atom is 0.356 e. The third kappa shape index (κ3) is 3.48. The van der Waals surface area contributed by atoms with Gasteiger partial charge in [0.05, 0.1) is 18.9 Å². The number of esters is 1. The fraction of sp³-hybridized carbons (Fsp3) is 0.438. The zero-order chi connectivity index (χ0) is 17.1. The van der Waals surface area contributed by atoms with E-state index in [4.69, 9.17) is 4.74 Å². The molecule has 8 heteroatoms. The summed E-state index contributed by atoms with van der Waals surface area (Å²) in [5, 5.41) is 10.3. The summed E-state index contributed by atoms with van der Waals surface area (Å²) < 4.78 is 4.72. The van der Waals surface area contributed by atoms with Crippen LogP contribution >= 0.6 is 0 Å². The highest BCUT2D eigenvalue weighted by atomic mass is 16.5. The Kier molecular flexibility index (Phi) is 4.66. The van der Waals surface area contributed by atoms with Crippen molar-refractivity contribution in [3.8, 4) is 0 Å². The number of hydrogen-bond donors (Lipinski definition) is 1. The lowest BCUT2D eigenvalue weighted by atomic mass is 10.0. The van der Waals surface area contributed by atoms with Crippen LogP contribution in [0.2, 0.25) is 0 Å². The maximum atomic E-state index is 11.7. The van der Waals surface area contributed by atoms with E-state index in [0.717, 1.165) is 5.69 Å². The number of anilines is 1. The molecule has 1 aliphatic rings. The van der Waals surface area contributed by atoms with E-state index in [0.29, 0.717) is 31.2 Å². The Morgan fingerprint density at radius 3 is 2.92 bits per heavy atom. The molecule has 3 heterocycles. The predicted molar refractivity (Wildman–Crippen MR) is 85.6 cm³/mol. The van der Waals surface area contributed by atoms with Crippen molar-refractivity contribution in [2.24, 2.45) is 5.92 Å². The third-order valence-corrected chi connectivity index (χ3v) is 4.01. The molecule has 1 saturated heterocycles. The highest BCUT2D eigenvalue weighted by Gasteiger charge is 2.33. The highest BCUT2D eigenvalue weighted by Crippen LogP contribution is 2.24. The Morgan fingerprint density at radius 1 is 1.38 bits per heavy atom. The number of carbonyl (C=O) groups is 1. The van der Waals surface area contributed by atoms with Crippen molar-refractivity contribution in [1.82, 2.24) is 19.9 Å². The summed E-state index contributed by atoms with van der Waals surface area (Å²) in [4.78, 5) is 30.5. The van der Waals surface area contributed by atoms with Gasteiger partial charge in [-0.05, 0) is 19.4 Å². The molecule has 2 atom stereocenters. The summed E-state index contributed by atoms with van der Waals surface area (Å²) in [5.74, 6) is -0.0684. The number of rotatable bonds is 4. The average Bonchev–Trinajstić information content (AvgIpc) is 2.95. The van der Waals surface area contributed by atoms with Gasteiger partial charge in [-0.1, -0.05) is 0 Å². The number of aliphatic hydroxyl groups excluding tert-OH is 1. The van der Waals surface area contributed by atoms with Crippen molar-refractivity contribution in [3.63, 3.8) is 0 Å². The van der Waals surface area contributed by atoms with Crippen LogP contribution in [0.1, 0.15) is 21.9 Å². The lowest BCUT2D eigenvalue weighted by Crippen LogP contribution is -2.24. The van der Waals surface area contributed by atoms with Crippen LogP contribution in [0.25, 0.3) is 0 Å². The molecule has 24 heavy (non-hydrogen) atoms. The molecule has 0 unspecified atom stereocenters. The molecule has 0 saturated carbocycles. The molecule has 2 aromatic heterocycles. The topological polar surface area (TPSA) is 101 Å². The number of aliphatic hydroxyl groups is 1. The summed E-state index contributed by atoms with van der Waals surface area (Å²) in [6.45, 7) is 2.79. The number of carbonyl (C=O) groups excluding carboxylic acids is 1. The summed E-state index contributed by atoms with van der Waals surface area (Å²) in [5.41, 5.74) is 1.72. The van der Waals surface area contributed by atoms with Crippen LogP contribution in [0.4, 0.5) is 5.95 Å². The van der Waals surface area contributed by atoms with Gasteiger partial charge in [-0.2, -0.15) is 0 Å². The van der Waals surface area contributed by atoms with E-state index in [1.807, 2.05) is 4.90 Å². The van der Waals surface area contributed by atoms with Crippen LogP contribution in [0.3, 0.4) is 0 Å². The molecule has 0 aromatic carbocycles. The highest BCUT2D eigenvalue weighted by molar-refractivity contribution is 5.87. The van der Waals surface area contributed by atoms with Gasteiger partial charge in [-0.25, -0.2) is 14.8 Å². The minimum absolute atomic E-state index is 0.00684. The van der Waals surface area contributed by atoms with Gasteiger partial charge in [0.2, 0.25) is 5.95 Å². The largest absolute Gasteiger partial charge is 0.464 e. The molecule has 126 valence electrons. The molecule has 0 aliphatic carbocycles. The number of aryl methyl sites for hydroxylation is 1. The minimum atomic E-state index is -0.516.